The van der Waals surface area contributed by atoms with Crippen LogP contribution >= 0.6 is 0 Å². The molecule has 0 bridgehead atoms. The number of alkyl halides is 2. The Bertz CT molecular complexity index is 166. The Labute approximate surface area is 74.4 Å². The monoisotopic (exact) mass is 198 g/mol. The third-order valence-corrected chi connectivity index (χ3v) is 1.12. The maximum Gasteiger partial charge on any atom is 0.376 e. The Morgan fingerprint density at radius 3 is 2.46 bits per heavy atom. The molecule has 78 valence electrons. The van der Waals surface area contributed by atoms with Crippen molar-refractivity contribution >= 4 is 5.97 Å². The first kappa shape index (κ1) is 12.2. The predicted octanol–water partition coefficient (Wildman–Crippen LogP) is 0.192. The highest BCUT2D eigenvalue weighted by Crippen LogP contribution is 2.13. The van der Waals surface area contributed by atoms with Gasteiger partial charge in [-0.3, -0.25) is 0 Å². The van der Waals surface area contributed by atoms with E-state index in [0.717, 1.165) is 0 Å². The lowest BCUT2D eigenvalue weighted by atomic mass is 10.4. The van der Waals surface area contributed by atoms with E-state index in [2.05, 4.69) is 9.47 Å². The van der Waals surface area contributed by atoms with Crippen molar-refractivity contribution in [3.8, 4) is 0 Å². The summed E-state index contributed by atoms with van der Waals surface area (Å²) in [5.41, 5.74) is 0. The van der Waals surface area contributed by atoms with Crippen molar-refractivity contribution in [2.75, 3.05) is 20.3 Å². The van der Waals surface area contributed by atoms with Gasteiger partial charge in [-0.2, -0.15) is 8.78 Å². The highest BCUT2D eigenvalue weighted by molar-refractivity contribution is 5.76. The number of hydrogen-bond acceptors (Lipinski definition) is 4. The van der Waals surface area contributed by atoms with E-state index in [9.17, 15) is 13.6 Å². The topological polar surface area (TPSA) is 55.8 Å². The zero-order valence-electron chi connectivity index (χ0n) is 7.42. The van der Waals surface area contributed by atoms with Crippen molar-refractivity contribution in [3.05, 3.63) is 0 Å². The summed E-state index contributed by atoms with van der Waals surface area (Å²) >= 11 is 0. The van der Waals surface area contributed by atoms with Crippen molar-refractivity contribution in [1.29, 1.82) is 0 Å². The minimum Gasteiger partial charge on any atom is -0.458 e. The molecule has 1 N–H and O–H groups in total. The SMILES string of the molecule is COCC(O)COC(=O)C(C)(F)F. The maximum atomic E-state index is 12.2. The summed E-state index contributed by atoms with van der Waals surface area (Å²) in [4.78, 5) is 10.4. The molecule has 0 saturated carbocycles. The fourth-order valence-electron chi connectivity index (χ4n) is 0.539. The second-order valence-corrected chi connectivity index (χ2v) is 2.60. The molecule has 0 rings (SSSR count). The molecule has 0 aliphatic carbocycles. The molecule has 0 heterocycles. The molecular weight excluding hydrogens is 186 g/mol. The van der Waals surface area contributed by atoms with E-state index in [0.29, 0.717) is 6.92 Å². The van der Waals surface area contributed by atoms with Crippen LogP contribution in [0.4, 0.5) is 8.78 Å². The normalized spacial score (nSPS) is 13.9. The summed E-state index contributed by atoms with van der Waals surface area (Å²) < 4.78 is 32.9. The first-order chi connectivity index (χ1) is 5.88. The van der Waals surface area contributed by atoms with Gasteiger partial charge in [0.1, 0.15) is 12.7 Å². The molecule has 0 aromatic carbocycles. The van der Waals surface area contributed by atoms with Gasteiger partial charge in [-0.25, -0.2) is 4.79 Å². The third kappa shape index (κ3) is 5.48. The highest BCUT2D eigenvalue weighted by Gasteiger charge is 2.34. The van der Waals surface area contributed by atoms with Crippen molar-refractivity contribution in [2.24, 2.45) is 0 Å². The maximum absolute atomic E-state index is 12.2. The molecule has 0 aliphatic heterocycles. The van der Waals surface area contributed by atoms with Gasteiger partial charge in [0.15, 0.2) is 0 Å². The molecule has 0 amide bonds. The number of esters is 1. The van der Waals surface area contributed by atoms with E-state index in [1.807, 2.05) is 0 Å². The van der Waals surface area contributed by atoms with Gasteiger partial charge in [0, 0.05) is 14.0 Å². The van der Waals surface area contributed by atoms with Crippen LogP contribution in [-0.4, -0.2) is 43.4 Å². The summed E-state index contributed by atoms with van der Waals surface area (Å²) in [6.07, 6.45) is -1.07. The molecule has 6 heteroatoms. The van der Waals surface area contributed by atoms with Crippen molar-refractivity contribution in [1.82, 2.24) is 0 Å². The van der Waals surface area contributed by atoms with Gasteiger partial charge in [-0.05, 0) is 0 Å². The van der Waals surface area contributed by atoms with Gasteiger partial charge in [0.25, 0.3) is 0 Å². The van der Waals surface area contributed by atoms with Crippen molar-refractivity contribution in [2.45, 2.75) is 19.0 Å². The Morgan fingerprint density at radius 2 is 2.08 bits per heavy atom. The molecule has 13 heavy (non-hydrogen) atoms. The smallest absolute Gasteiger partial charge is 0.376 e. The van der Waals surface area contributed by atoms with Crippen molar-refractivity contribution < 1.29 is 28.2 Å². The highest BCUT2D eigenvalue weighted by atomic mass is 19.3. The molecule has 0 fully saturated rings. The number of halogens is 2. The van der Waals surface area contributed by atoms with Crippen LogP contribution in [0.5, 0.6) is 0 Å². The van der Waals surface area contributed by atoms with E-state index in [1.165, 1.54) is 7.11 Å². The Kier molecular flexibility index (Phi) is 4.79. The molecule has 1 atom stereocenters. The van der Waals surface area contributed by atoms with Gasteiger partial charge < -0.3 is 14.6 Å². The number of carbonyl (C=O) groups excluding carboxylic acids is 1. The Morgan fingerprint density at radius 1 is 1.54 bits per heavy atom. The van der Waals surface area contributed by atoms with E-state index >= 15 is 0 Å². The lowest BCUT2D eigenvalue weighted by Crippen LogP contribution is -2.31. The van der Waals surface area contributed by atoms with Gasteiger partial charge >= 0.3 is 11.9 Å². The number of rotatable bonds is 5. The molecule has 4 nitrogen and oxygen atoms in total. The third-order valence-electron chi connectivity index (χ3n) is 1.12. The first-order valence-corrected chi connectivity index (χ1v) is 3.60. The second kappa shape index (κ2) is 5.08. The number of ether oxygens (including phenoxy) is 2. The number of aliphatic hydroxyl groups excluding tert-OH is 1. The van der Waals surface area contributed by atoms with Crippen LogP contribution in [0, 0.1) is 0 Å². The molecule has 0 aliphatic rings. The Balaban J connectivity index is 3.71. The fraction of sp³-hybridized carbons (Fsp3) is 0.857. The van der Waals surface area contributed by atoms with Crippen LogP contribution in [0.25, 0.3) is 0 Å². The number of aliphatic hydroxyl groups is 1. The second-order valence-electron chi connectivity index (χ2n) is 2.60. The van der Waals surface area contributed by atoms with Crippen LogP contribution in [0.15, 0.2) is 0 Å². The summed E-state index contributed by atoms with van der Waals surface area (Å²) in [6.45, 7) is -0.128. The average molecular weight is 198 g/mol. The quantitative estimate of drug-likeness (QED) is 0.641. The van der Waals surface area contributed by atoms with Crippen molar-refractivity contribution in [3.63, 3.8) is 0 Å². The zero-order chi connectivity index (χ0) is 10.5. The minimum absolute atomic E-state index is 0.0669. The Hall–Kier alpha value is -0.750. The van der Waals surface area contributed by atoms with Crippen LogP contribution in [0.2, 0.25) is 0 Å². The fourth-order valence-corrected chi connectivity index (χ4v) is 0.539. The van der Waals surface area contributed by atoms with Gasteiger partial charge in [0.05, 0.1) is 6.61 Å². The number of methoxy groups -OCH3 is 1. The minimum atomic E-state index is -3.52. The van der Waals surface area contributed by atoms with E-state index in [-0.39, 0.29) is 6.61 Å². The van der Waals surface area contributed by atoms with Gasteiger partial charge in [-0.1, -0.05) is 0 Å². The molecular formula is C7H12F2O4. The predicted molar refractivity (Wildman–Crippen MR) is 39.5 cm³/mol. The van der Waals surface area contributed by atoms with Crippen LogP contribution in [-0.2, 0) is 14.3 Å². The molecule has 0 radical (unpaired) electrons. The van der Waals surface area contributed by atoms with E-state index in [4.69, 9.17) is 5.11 Å². The number of carbonyl (C=O) groups is 1. The zero-order valence-corrected chi connectivity index (χ0v) is 7.42. The van der Waals surface area contributed by atoms with Crippen LogP contribution in [0.3, 0.4) is 0 Å². The van der Waals surface area contributed by atoms with Crippen LogP contribution in [0.1, 0.15) is 6.92 Å². The molecule has 0 aromatic rings. The summed E-state index contributed by atoms with van der Waals surface area (Å²) in [5, 5.41) is 8.92. The molecule has 1 unspecified atom stereocenters. The average Bonchev–Trinajstić information content (AvgIpc) is 1.99. The lowest BCUT2D eigenvalue weighted by molar-refractivity contribution is -0.172. The summed E-state index contributed by atoms with van der Waals surface area (Å²) in [5.74, 6) is -5.17. The largest absolute Gasteiger partial charge is 0.458 e. The lowest BCUT2D eigenvalue weighted by Gasteiger charge is -2.12. The van der Waals surface area contributed by atoms with Gasteiger partial charge in [-0.15, -0.1) is 0 Å². The molecule has 0 spiro atoms. The summed E-state index contributed by atoms with van der Waals surface area (Å²) in [6, 6.07) is 0. The molecule has 0 saturated heterocycles. The molecule has 0 aromatic heterocycles. The first-order valence-electron chi connectivity index (χ1n) is 3.60. The van der Waals surface area contributed by atoms with Crippen LogP contribution < -0.4 is 0 Å². The van der Waals surface area contributed by atoms with Gasteiger partial charge in [0.2, 0.25) is 0 Å². The number of hydrogen-bond donors (Lipinski definition) is 1. The standard InChI is InChI=1S/C7H12F2O4/c1-7(8,9)6(11)13-4-5(10)3-12-2/h5,10H,3-4H2,1-2H3. The van der Waals surface area contributed by atoms with E-state index < -0.39 is 24.6 Å². The summed E-state index contributed by atoms with van der Waals surface area (Å²) in [7, 11) is 1.33. The van der Waals surface area contributed by atoms with E-state index in [1.54, 1.807) is 0 Å².